The molecule has 7 nitrogen and oxygen atoms in total. The predicted molar refractivity (Wildman–Crippen MR) is 95.7 cm³/mol. The first-order chi connectivity index (χ1) is 12.6. The Labute approximate surface area is 155 Å². The number of amides is 2. The molecule has 1 spiro atoms. The minimum absolute atomic E-state index is 0.0499. The monoisotopic (exact) mass is 365 g/mol. The van der Waals surface area contributed by atoms with Crippen LogP contribution >= 0.6 is 0 Å². The van der Waals surface area contributed by atoms with Crippen LogP contribution in [-0.2, 0) is 19.1 Å². The van der Waals surface area contributed by atoms with Crippen LogP contribution in [0.2, 0.25) is 0 Å². The Morgan fingerprint density at radius 1 is 0.923 bits per heavy atom. The number of piperidine rings is 1. The lowest BCUT2D eigenvalue weighted by atomic mass is 9.88. The molecule has 0 N–H and O–H groups in total. The highest BCUT2D eigenvalue weighted by atomic mass is 16.5. The molecule has 0 radical (unpaired) electrons. The second-order valence-corrected chi connectivity index (χ2v) is 8.26. The minimum atomic E-state index is -0.287. The first-order valence-corrected chi connectivity index (χ1v) is 10.1. The van der Waals surface area contributed by atoms with E-state index in [1.165, 1.54) is 0 Å². The van der Waals surface area contributed by atoms with Gasteiger partial charge in [-0.25, -0.2) is 0 Å². The molecule has 4 rings (SSSR count). The maximum Gasteiger partial charge on any atom is 0.251 e. The fourth-order valence-corrected chi connectivity index (χ4v) is 4.88. The van der Waals surface area contributed by atoms with Gasteiger partial charge in [-0.15, -0.1) is 0 Å². The van der Waals surface area contributed by atoms with Gasteiger partial charge >= 0.3 is 0 Å². The van der Waals surface area contributed by atoms with Crippen LogP contribution in [0.25, 0.3) is 0 Å². The third-order valence-corrected chi connectivity index (χ3v) is 6.56. The molecular weight excluding hydrogens is 334 g/mol. The third-order valence-electron chi connectivity index (χ3n) is 6.56. The quantitative estimate of drug-likeness (QED) is 0.712. The molecule has 0 aromatic rings. The Morgan fingerprint density at radius 2 is 1.73 bits per heavy atom. The van der Waals surface area contributed by atoms with E-state index in [0.29, 0.717) is 26.3 Å². The number of likely N-dealkylation sites (N-methyl/N-ethyl adjacent to an activating group) is 1. The Hall–Kier alpha value is -1.18. The van der Waals surface area contributed by atoms with Crippen molar-refractivity contribution >= 4 is 11.8 Å². The minimum Gasteiger partial charge on any atom is -0.371 e. The molecule has 0 saturated carbocycles. The summed E-state index contributed by atoms with van der Waals surface area (Å²) in [5.41, 5.74) is -0.287. The van der Waals surface area contributed by atoms with Gasteiger partial charge in [0, 0.05) is 32.8 Å². The molecule has 0 aliphatic carbocycles. The van der Waals surface area contributed by atoms with E-state index < -0.39 is 0 Å². The smallest absolute Gasteiger partial charge is 0.251 e. The molecule has 4 saturated heterocycles. The molecule has 26 heavy (non-hydrogen) atoms. The van der Waals surface area contributed by atoms with Crippen LogP contribution < -0.4 is 0 Å². The maximum absolute atomic E-state index is 12.8. The number of hydrogen-bond acceptors (Lipinski definition) is 5. The third kappa shape index (κ3) is 3.49. The highest BCUT2D eigenvalue weighted by molar-refractivity contribution is 5.82. The van der Waals surface area contributed by atoms with Gasteiger partial charge in [-0.05, 0) is 52.1 Å². The predicted octanol–water partition coefficient (Wildman–Crippen LogP) is 0.480. The van der Waals surface area contributed by atoms with Crippen LogP contribution in [0.5, 0.6) is 0 Å². The first kappa shape index (κ1) is 18.2. The van der Waals surface area contributed by atoms with E-state index in [1.54, 1.807) is 0 Å². The standard InChI is InChI=1S/C19H31N3O4/c1-20-8-2-4-15(20)17(23)21-9-6-19(7-10-21)14-22(11-13-26-19)18(24)16-5-3-12-25-16/h15-16H,2-14H2,1H3/t15-,16+/m0/s1. The topological polar surface area (TPSA) is 62.3 Å². The molecule has 2 amide bonds. The van der Waals surface area contributed by atoms with Crippen LogP contribution in [0.1, 0.15) is 38.5 Å². The van der Waals surface area contributed by atoms with Crippen molar-refractivity contribution in [2.45, 2.75) is 56.3 Å². The first-order valence-electron chi connectivity index (χ1n) is 10.1. The summed E-state index contributed by atoms with van der Waals surface area (Å²) in [5, 5.41) is 0. The largest absolute Gasteiger partial charge is 0.371 e. The number of carbonyl (C=O) groups excluding carboxylic acids is 2. The van der Waals surface area contributed by atoms with E-state index in [2.05, 4.69) is 4.90 Å². The summed E-state index contributed by atoms with van der Waals surface area (Å²) in [4.78, 5) is 31.6. The Kier molecular flexibility index (Phi) is 5.21. The SMILES string of the molecule is CN1CCC[C@H]1C(=O)N1CCC2(CC1)CN(C(=O)[C@H]1CCCO1)CCO2. The second-order valence-electron chi connectivity index (χ2n) is 8.26. The fourth-order valence-electron chi connectivity index (χ4n) is 4.88. The Balaban J connectivity index is 1.34. The average Bonchev–Trinajstić information content (AvgIpc) is 3.33. The molecule has 4 aliphatic rings. The molecule has 0 unspecified atom stereocenters. The van der Waals surface area contributed by atoms with Crippen molar-refractivity contribution in [2.75, 3.05) is 53.0 Å². The van der Waals surface area contributed by atoms with Gasteiger partial charge in [0.05, 0.1) is 18.2 Å². The summed E-state index contributed by atoms with van der Waals surface area (Å²) in [6.07, 6.45) is 5.24. The van der Waals surface area contributed by atoms with Gasteiger partial charge in [0.15, 0.2) is 0 Å². The highest BCUT2D eigenvalue weighted by Gasteiger charge is 2.44. The van der Waals surface area contributed by atoms with Gasteiger partial charge in [0.2, 0.25) is 5.91 Å². The molecule has 0 aromatic carbocycles. The molecule has 4 heterocycles. The molecule has 4 aliphatic heterocycles. The molecule has 2 atom stereocenters. The fraction of sp³-hybridized carbons (Fsp3) is 0.895. The van der Waals surface area contributed by atoms with E-state index in [9.17, 15) is 9.59 Å². The summed E-state index contributed by atoms with van der Waals surface area (Å²) >= 11 is 0. The molecule has 7 heteroatoms. The molecule has 0 aromatic heterocycles. The second kappa shape index (κ2) is 7.44. The van der Waals surface area contributed by atoms with Gasteiger partial charge in [0.1, 0.15) is 6.10 Å². The van der Waals surface area contributed by atoms with Crippen molar-refractivity contribution in [3.63, 3.8) is 0 Å². The zero-order chi connectivity index (χ0) is 18.1. The van der Waals surface area contributed by atoms with Gasteiger partial charge in [-0.3, -0.25) is 14.5 Å². The van der Waals surface area contributed by atoms with Gasteiger partial charge < -0.3 is 19.3 Å². The lowest BCUT2D eigenvalue weighted by Crippen LogP contribution is -2.60. The molecular formula is C19H31N3O4. The van der Waals surface area contributed by atoms with Gasteiger partial charge in [-0.1, -0.05) is 0 Å². The van der Waals surface area contributed by atoms with Gasteiger partial charge in [0.25, 0.3) is 5.91 Å². The van der Waals surface area contributed by atoms with Crippen molar-refractivity contribution in [3.05, 3.63) is 0 Å². The van der Waals surface area contributed by atoms with Crippen LogP contribution in [-0.4, -0.2) is 97.2 Å². The zero-order valence-electron chi connectivity index (χ0n) is 15.8. The van der Waals surface area contributed by atoms with Crippen LogP contribution in [0.4, 0.5) is 0 Å². The van der Waals surface area contributed by atoms with Crippen molar-refractivity contribution in [1.82, 2.24) is 14.7 Å². The number of likely N-dealkylation sites (tertiary alicyclic amines) is 2. The van der Waals surface area contributed by atoms with Crippen LogP contribution in [0, 0.1) is 0 Å². The number of nitrogens with zero attached hydrogens (tertiary/aromatic N) is 3. The van der Waals surface area contributed by atoms with Crippen LogP contribution in [0.15, 0.2) is 0 Å². The number of morpholine rings is 1. The normalized spacial score (nSPS) is 32.3. The van der Waals surface area contributed by atoms with Crippen molar-refractivity contribution in [1.29, 1.82) is 0 Å². The number of hydrogen-bond donors (Lipinski definition) is 0. The average molecular weight is 365 g/mol. The van der Waals surface area contributed by atoms with Gasteiger partial charge in [-0.2, -0.15) is 0 Å². The molecule has 4 fully saturated rings. The molecule has 0 bridgehead atoms. The van der Waals surface area contributed by atoms with Crippen molar-refractivity contribution in [2.24, 2.45) is 0 Å². The van der Waals surface area contributed by atoms with Crippen molar-refractivity contribution in [3.8, 4) is 0 Å². The van der Waals surface area contributed by atoms with E-state index in [-0.39, 0.29) is 29.6 Å². The number of rotatable bonds is 2. The molecule has 146 valence electrons. The Morgan fingerprint density at radius 3 is 2.38 bits per heavy atom. The summed E-state index contributed by atoms with van der Waals surface area (Å²) in [6.45, 7) is 5.03. The lowest BCUT2D eigenvalue weighted by Gasteiger charge is -2.48. The maximum atomic E-state index is 12.8. The summed E-state index contributed by atoms with van der Waals surface area (Å²) in [5.74, 6) is 0.388. The van der Waals surface area contributed by atoms with E-state index in [0.717, 1.165) is 58.2 Å². The van der Waals surface area contributed by atoms with Crippen molar-refractivity contribution < 1.29 is 19.1 Å². The zero-order valence-corrected chi connectivity index (χ0v) is 15.8. The summed E-state index contributed by atoms with van der Waals surface area (Å²) in [7, 11) is 2.04. The van der Waals surface area contributed by atoms with Crippen LogP contribution in [0.3, 0.4) is 0 Å². The van der Waals surface area contributed by atoms with E-state index >= 15 is 0 Å². The number of ether oxygens (including phenoxy) is 2. The summed E-state index contributed by atoms with van der Waals surface area (Å²) < 4.78 is 11.7. The Bertz CT molecular complexity index is 541. The lowest BCUT2D eigenvalue weighted by molar-refractivity contribution is -0.169. The number of carbonyl (C=O) groups is 2. The van der Waals surface area contributed by atoms with E-state index in [4.69, 9.17) is 9.47 Å². The highest BCUT2D eigenvalue weighted by Crippen LogP contribution is 2.32. The van der Waals surface area contributed by atoms with E-state index in [1.807, 2.05) is 16.8 Å². The summed E-state index contributed by atoms with van der Waals surface area (Å²) in [6, 6.07) is 0.0499.